The molecule has 1 aliphatic heterocycles. The molecule has 1 atom stereocenters. The van der Waals surface area contributed by atoms with Crippen molar-refractivity contribution in [2.45, 2.75) is 25.7 Å². The highest BCUT2D eigenvalue weighted by Crippen LogP contribution is 2.30. The van der Waals surface area contributed by atoms with Gasteiger partial charge in [0, 0.05) is 30.4 Å². The molecule has 0 spiro atoms. The molecule has 1 aliphatic rings. The normalized spacial score (nSPS) is 22.9. The second kappa shape index (κ2) is 5.23. The van der Waals surface area contributed by atoms with Gasteiger partial charge in [-0.25, -0.2) is 4.31 Å². The average molecular weight is 240 g/mol. The molecule has 0 N–H and O–H groups in total. The van der Waals surface area contributed by atoms with Crippen molar-refractivity contribution in [3.8, 4) is 0 Å². The smallest absolute Gasteiger partial charge is 0.0450 e. The Morgan fingerprint density at radius 2 is 2.40 bits per heavy atom. The first-order valence-corrected chi connectivity index (χ1v) is 7.12. The minimum absolute atomic E-state index is 0.582. The third-order valence-electron chi connectivity index (χ3n) is 2.83. The van der Waals surface area contributed by atoms with Crippen LogP contribution < -0.4 is 0 Å². The molecule has 0 radical (unpaired) electrons. The Morgan fingerprint density at radius 1 is 1.53 bits per heavy atom. The summed E-state index contributed by atoms with van der Waals surface area (Å²) in [7, 11) is 1.55. The first-order valence-electron chi connectivity index (χ1n) is 5.29. The van der Waals surface area contributed by atoms with Crippen molar-refractivity contribution in [3.63, 3.8) is 0 Å². The predicted molar refractivity (Wildman–Crippen MR) is 69.1 cm³/mol. The summed E-state index contributed by atoms with van der Waals surface area (Å²) in [5, 5.41) is 0. The van der Waals surface area contributed by atoms with Gasteiger partial charge in [-0.3, -0.25) is 4.98 Å². The van der Waals surface area contributed by atoms with Crippen LogP contribution in [0.4, 0.5) is 0 Å². The van der Waals surface area contributed by atoms with Gasteiger partial charge >= 0.3 is 0 Å². The van der Waals surface area contributed by atoms with Gasteiger partial charge in [-0.1, -0.05) is 17.7 Å². The van der Waals surface area contributed by atoms with Crippen molar-refractivity contribution in [3.05, 3.63) is 29.6 Å². The quantitative estimate of drug-likeness (QED) is 0.486. The molecular weight excluding hydrogens is 224 g/mol. The van der Waals surface area contributed by atoms with Crippen LogP contribution in [0.25, 0.3) is 0 Å². The van der Waals surface area contributed by atoms with Crippen LogP contribution in [-0.4, -0.2) is 22.4 Å². The van der Waals surface area contributed by atoms with E-state index in [1.54, 1.807) is 11.0 Å². The molecule has 0 saturated carbocycles. The van der Waals surface area contributed by atoms with Gasteiger partial charge in [-0.2, -0.15) is 0 Å². The molecule has 0 bridgehead atoms. The fraction of sp³-hybridized carbons (Fsp3) is 0.545. The average Bonchev–Trinajstić information content (AvgIpc) is 2.29. The highest BCUT2D eigenvalue weighted by Gasteiger charge is 2.21. The molecule has 1 fully saturated rings. The molecular formula is C11H16N2S2. The van der Waals surface area contributed by atoms with Crippen molar-refractivity contribution in [1.29, 1.82) is 0 Å². The number of piperidine rings is 1. The third kappa shape index (κ3) is 2.89. The van der Waals surface area contributed by atoms with E-state index in [1.165, 1.54) is 18.5 Å². The highest BCUT2D eigenvalue weighted by atomic mass is 33.1. The first kappa shape index (κ1) is 11.3. The number of hydrogen-bond donors (Lipinski definition) is 1. The van der Waals surface area contributed by atoms with E-state index in [0.29, 0.717) is 5.92 Å². The zero-order valence-electron chi connectivity index (χ0n) is 8.89. The molecule has 1 unspecified atom stereocenters. The van der Waals surface area contributed by atoms with Crippen molar-refractivity contribution in [1.82, 2.24) is 9.29 Å². The number of rotatable bonds is 2. The maximum absolute atomic E-state index is 4.60. The van der Waals surface area contributed by atoms with Crippen molar-refractivity contribution in [2.24, 2.45) is 0 Å². The zero-order valence-corrected chi connectivity index (χ0v) is 10.6. The van der Waals surface area contributed by atoms with Crippen LogP contribution in [-0.2, 0) is 0 Å². The van der Waals surface area contributed by atoms with E-state index in [1.807, 2.05) is 0 Å². The van der Waals surface area contributed by atoms with Crippen LogP contribution >= 0.6 is 22.6 Å². The largest absolute Gasteiger partial charge is 0.258 e. The Labute approximate surface area is 100 Å². The van der Waals surface area contributed by atoms with Gasteiger partial charge in [-0.05, 0) is 42.9 Å². The Balaban J connectivity index is 2.09. The van der Waals surface area contributed by atoms with E-state index in [2.05, 4.69) is 46.1 Å². The molecule has 2 heterocycles. The summed E-state index contributed by atoms with van der Waals surface area (Å²) >= 11 is 4.26. The lowest BCUT2D eigenvalue weighted by Gasteiger charge is -2.29. The number of pyridine rings is 1. The predicted octanol–water partition coefficient (Wildman–Crippen LogP) is 3.06. The molecule has 0 aromatic carbocycles. The van der Waals surface area contributed by atoms with Gasteiger partial charge in [0.1, 0.15) is 0 Å². The summed E-state index contributed by atoms with van der Waals surface area (Å²) in [6.45, 7) is 4.28. The topological polar surface area (TPSA) is 16.1 Å². The molecule has 1 aromatic heterocycles. The van der Waals surface area contributed by atoms with Crippen molar-refractivity contribution in [2.75, 3.05) is 13.1 Å². The first-order chi connectivity index (χ1) is 7.29. The van der Waals surface area contributed by atoms with Crippen LogP contribution in [0.15, 0.2) is 18.2 Å². The van der Waals surface area contributed by atoms with Crippen LogP contribution in [0.2, 0.25) is 0 Å². The van der Waals surface area contributed by atoms with Crippen molar-refractivity contribution < 1.29 is 0 Å². The molecule has 4 heteroatoms. The minimum Gasteiger partial charge on any atom is -0.258 e. The summed E-state index contributed by atoms with van der Waals surface area (Å²) in [4.78, 5) is 4.60. The third-order valence-corrected chi connectivity index (χ3v) is 4.08. The zero-order chi connectivity index (χ0) is 10.7. The fourth-order valence-corrected chi connectivity index (χ4v) is 2.95. The van der Waals surface area contributed by atoms with Gasteiger partial charge in [-0.15, -0.1) is 0 Å². The summed E-state index contributed by atoms with van der Waals surface area (Å²) < 4.78 is 2.31. The lowest BCUT2D eigenvalue weighted by Crippen LogP contribution is -2.28. The van der Waals surface area contributed by atoms with Crippen LogP contribution in [0.1, 0.15) is 30.1 Å². The van der Waals surface area contributed by atoms with Gasteiger partial charge in [0.2, 0.25) is 0 Å². The molecule has 0 amide bonds. The van der Waals surface area contributed by atoms with Gasteiger partial charge in [0.25, 0.3) is 0 Å². The number of hydrogen-bond acceptors (Lipinski definition) is 4. The summed E-state index contributed by atoms with van der Waals surface area (Å²) in [5.74, 6) is 0.582. The number of thiol groups is 1. The van der Waals surface area contributed by atoms with E-state index < -0.39 is 0 Å². The Hall–Kier alpha value is -0.190. The number of aromatic nitrogens is 1. The fourth-order valence-electron chi connectivity index (χ4n) is 2.05. The van der Waals surface area contributed by atoms with E-state index in [0.717, 1.165) is 18.8 Å². The molecule has 2 nitrogen and oxygen atoms in total. The van der Waals surface area contributed by atoms with E-state index in [4.69, 9.17) is 0 Å². The second-order valence-corrected chi connectivity index (χ2v) is 5.18. The van der Waals surface area contributed by atoms with E-state index in [-0.39, 0.29) is 0 Å². The number of aryl methyl sites for hydroxylation is 1. The Kier molecular flexibility index (Phi) is 3.94. The molecule has 82 valence electrons. The van der Waals surface area contributed by atoms with E-state index >= 15 is 0 Å². The Bertz CT molecular complexity index is 330. The van der Waals surface area contributed by atoms with Crippen LogP contribution in [0.5, 0.6) is 0 Å². The monoisotopic (exact) mass is 240 g/mol. The minimum atomic E-state index is 0.582. The van der Waals surface area contributed by atoms with Crippen molar-refractivity contribution >= 4 is 22.6 Å². The van der Waals surface area contributed by atoms with Crippen LogP contribution in [0, 0.1) is 6.92 Å². The second-order valence-electron chi connectivity index (χ2n) is 4.01. The lowest BCUT2D eigenvalue weighted by atomic mass is 9.95. The molecule has 1 aromatic rings. The Morgan fingerprint density at radius 3 is 3.13 bits per heavy atom. The SMILES string of the molecule is Cc1cccc(C2CCCN(SS)C2)n1. The maximum atomic E-state index is 4.60. The summed E-state index contributed by atoms with van der Waals surface area (Å²) in [6.07, 6.45) is 2.50. The van der Waals surface area contributed by atoms with Gasteiger partial charge in [0.05, 0.1) is 0 Å². The molecule has 2 rings (SSSR count). The molecule has 1 saturated heterocycles. The highest BCUT2D eigenvalue weighted by molar-refractivity contribution is 8.67. The van der Waals surface area contributed by atoms with Gasteiger partial charge < -0.3 is 0 Å². The molecule has 15 heavy (non-hydrogen) atoms. The summed E-state index contributed by atoms with van der Waals surface area (Å²) in [6, 6.07) is 6.30. The number of nitrogens with zero attached hydrogens (tertiary/aromatic N) is 2. The standard InChI is InChI=1S/C11H16N2S2/c1-9-4-2-6-11(12-9)10-5-3-7-13(8-10)15-14/h2,4,6,10,14H,3,5,7-8H2,1H3. The van der Waals surface area contributed by atoms with Gasteiger partial charge in [0.15, 0.2) is 0 Å². The lowest BCUT2D eigenvalue weighted by molar-refractivity contribution is 0.341. The van der Waals surface area contributed by atoms with E-state index in [9.17, 15) is 0 Å². The molecule has 0 aliphatic carbocycles. The maximum Gasteiger partial charge on any atom is 0.0450 e. The summed E-state index contributed by atoms with van der Waals surface area (Å²) in [5.41, 5.74) is 2.35. The van der Waals surface area contributed by atoms with Crippen LogP contribution in [0.3, 0.4) is 0 Å².